The zero-order chi connectivity index (χ0) is 20.2. The number of nitrogens with zero attached hydrogens (tertiary/aromatic N) is 1. The molecule has 8 heteroatoms. The highest BCUT2D eigenvalue weighted by Crippen LogP contribution is 2.28. The minimum absolute atomic E-state index is 0. The molecule has 2 unspecified atom stereocenters. The first-order valence-corrected chi connectivity index (χ1v) is 9.43. The van der Waals surface area contributed by atoms with Crippen molar-refractivity contribution in [3.63, 3.8) is 0 Å². The number of nitrogens with one attached hydrogen (secondary N) is 2. The Bertz CT molecular complexity index is 667. The van der Waals surface area contributed by atoms with Gasteiger partial charge in [-0.15, -0.1) is 12.4 Å². The van der Waals surface area contributed by atoms with Crippen molar-refractivity contribution in [3.05, 3.63) is 35.6 Å². The highest BCUT2D eigenvalue weighted by molar-refractivity contribution is 5.87. The van der Waals surface area contributed by atoms with Gasteiger partial charge in [-0.1, -0.05) is 39.8 Å². The second kappa shape index (κ2) is 10.1. The van der Waals surface area contributed by atoms with E-state index in [0.29, 0.717) is 13.1 Å². The van der Waals surface area contributed by atoms with Crippen molar-refractivity contribution in [1.82, 2.24) is 15.5 Å². The van der Waals surface area contributed by atoms with E-state index in [1.165, 1.54) is 12.1 Å². The lowest BCUT2D eigenvalue weighted by Gasteiger charge is -2.44. The predicted molar refractivity (Wildman–Crippen MR) is 111 cm³/mol. The van der Waals surface area contributed by atoms with Gasteiger partial charge in [-0.2, -0.15) is 0 Å². The molecule has 0 saturated carbocycles. The van der Waals surface area contributed by atoms with Gasteiger partial charge in [0.25, 0.3) is 0 Å². The van der Waals surface area contributed by atoms with Crippen LogP contribution in [0.5, 0.6) is 0 Å². The fourth-order valence-corrected chi connectivity index (χ4v) is 3.25. The van der Waals surface area contributed by atoms with Crippen molar-refractivity contribution in [1.29, 1.82) is 0 Å². The van der Waals surface area contributed by atoms with Crippen molar-refractivity contribution >= 4 is 24.3 Å². The lowest BCUT2D eigenvalue weighted by atomic mass is 9.79. The van der Waals surface area contributed by atoms with Crippen LogP contribution in [0.2, 0.25) is 0 Å². The number of hydrogen-bond donors (Lipinski definition) is 3. The maximum Gasteiger partial charge on any atom is 0.315 e. The van der Waals surface area contributed by atoms with Crippen molar-refractivity contribution < 1.29 is 14.0 Å². The van der Waals surface area contributed by atoms with E-state index in [1.54, 1.807) is 17.0 Å². The van der Waals surface area contributed by atoms with Gasteiger partial charge in [0.2, 0.25) is 5.91 Å². The number of amides is 3. The number of carbonyl (C=O) groups is 2. The van der Waals surface area contributed by atoms with Crippen molar-refractivity contribution in [2.45, 2.75) is 52.7 Å². The molecular formula is C20H32ClFN4O2. The van der Waals surface area contributed by atoms with Crippen LogP contribution < -0.4 is 16.4 Å². The Hall–Kier alpha value is -1.86. The van der Waals surface area contributed by atoms with E-state index < -0.39 is 12.1 Å². The molecule has 0 radical (unpaired) electrons. The number of benzene rings is 1. The second-order valence-corrected chi connectivity index (χ2v) is 8.32. The summed E-state index contributed by atoms with van der Waals surface area (Å²) in [6.07, 6.45) is 0.750. The number of carbonyl (C=O) groups excluding carboxylic acids is 2. The van der Waals surface area contributed by atoms with Crippen LogP contribution in [0.25, 0.3) is 0 Å². The van der Waals surface area contributed by atoms with Gasteiger partial charge in [0.15, 0.2) is 0 Å². The molecule has 2 rings (SSSR count). The molecule has 0 aliphatic carbocycles. The number of piperidine rings is 1. The molecule has 0 aromatic heterocycles. The minimum Gasteiger partial charge on any atom is -0.340 e. The molecule has 0 bridgehead atoms. The lowest BCUT2D eigenvalue weighted by Crippen LogP contribution is -2.59. The molecule has 6 nitrogen and oxygen atoms in total. The molecule has 1 aromatic carbocycles. The van der Waals surface area contributed by atoms with Crippen LogP contribution in [-0.2, 0) is 11.3 Å². The summed E-state index contributed by atoms with van der Waals surface area (Å²) in [5.41, 5.74) is 6.79. The van der Waals surface area contributed by atoms with E-state index in [9.17, 15) is 14.0 Å². The molecule has 2 atom stereocenters. The van der Waals surface area contributed by atoms with Crippen LogP contribution in [0.15, 0.2) is 24.3 Å². The van der Waals surface area contributed by atoms with E-state index in [1.807, 2.05) is 13.8 Å². The summed E-state index contributed by atoms with van der Waals surface area (Å²) >= 11 is 0. The Morgan fingerprint density at radius 3 is 2.43 bits per heavy atom. The first kappa shape index (κ1) is 24.2. The Balaban J connectivity index is 0.00000392. The predicted octanol–water partition coefficient (Wildman–Crippen LogP) is 2.66. The van der Waals surface area contributed by atoms with Gasteiger partial charge in [0.05, 0.1) is 0 Å². The summed E-state index contributed by atoms with van der Waals surface area (Å²) in [6.45, 7) is 9.37. The monoisotopic (exact) mass is 414 g/mol. The normalized spacial score (nSPS) is 19.5. The van der Waals surface area contributed by atoms with E-state index in [-0.39, 0.29) is 48.1 Å². The molecule has 1 aliphatic rings. The zero-order valence-corrected chi connectivity index (χ0v) is 17.8. The Morgan fingerprint density at radius 2 is 1.89 bits per heavy atom. The third kappa shape index (κ3) is 6.34. The fourth-order valence-electron chi connectivity index (χ4n) is 3.25. The summed E-state index contributed by atoms with van der Waals surface area (Å²) in [6, 6.07) is 4.95. The SMILES string of the molecule is CC(C)C(NC(=O)NCc1ccc(F)cc1)C(=O)N1CCC(N)C(C)(C)C1.Cl. The highest BCUT2D eigenvalue weighted by Gasteiger charge is 2.38. The van der Waals surface area contributed by atoms with Crippen molar-refractivity contribution in [2.75, 3.05) is 13.1 Å². The van der Waals surface area contributed by atoms with Crippen LogP contribution in [0.4, 0.5) is 9.18 Å². The van der Waals surface area contributed by atoms with E-state index in [4.69, 9.17) is 5.73 Å². The molecule has 1 aromatic rings. The van der Waals surface area contributed by atoms with E-state index in [0.717, 1.165) is 12.0 Å². The van der Waals surface area contributed by atoms with Crippen molar-refractivity contribution in [2.24, 2.45) is 17.1 Å². The maximum absolute atomic E-state index is 13.0. The Labute approximate surface area is 172 Å². The summed E-state index contributed by atoms with van der Waals surface area (Å²) in [5.74, 6) is -0.451. The summed E-state index contributed by atoms with van der Waals surface area (Å²) in [5, 5.41) is 5.51. The van der Waals surface area contributed by atoms with Gasteiger partial charge in [-0.3, -0.25) is 4.79 Å². The number of urea groups is 1. The summed E-state index contributed by atoms with van der Waals surface area (Å²) < 4.78 is 12.9. The molecule has 1 fully saturated rings. The molecular weight excluding hydrogens is 383 g/mol. The lowest BCUT2D eigenvalue weighted by molar-refractivity contribution is -0.137. The number of likely N-dealkylation sites (tertiary alicyclic amines) is 1. The van der Waals surface area contributed by atoms with Gasteiger partial charge in [0, 0.05) is 25.7 Å². The van der Waals surface area contributed by atoms with Crippen LogP contribution in [0, 0.1) is 17.2 Å². The molecule has 1 aliphatic heterocycles. The number of nitrogens with two attached hydrogens (primary N) is 1. The molecule has 1 saturated heterocycles. The topological polar surface area (TPSA) is 87.5 Å². The fraction of sp³-hybridized carbons (Fsp3) is 0.600. The third-order valence-electron chi connectivity index (χ3n) is 5.21. The molecule has 3 amide bonds. The largest absolute Gasteiger partial charge is 0.340 e. The second-order valence-electron chi connectivity index (χ2n) is 8.32. The highest BCUT2D eigenvalue weighted by atomic mass is 35.5. The quantitative estimate of drug-likeness (QED) is 0.692. The van der Waals surface area contributed by atoms with Gasteiger partial charge in [-0.05, 0) is 35.4 Å². The standard InChI is InChI=1S/C20H31FN4O2.ClH/c1-13(2)17(18(26)25-10-9-16(22)20(3,4)12-25)24-19(27)23-11-14-5-7-15(21)8-6-14;/h5-8,13,16-17H,9-12,22H2,1-4H3,(H2,23,24,27);1H. The molecule has 28 heavy (non-hydrogen) atoms. The van der Waals surface area contributed by atoms with Gasteiger partial charge >= 0.3 is 6.03 Å². The van der Waals surface area contributed by atoms with Crippen LogP contribution in [0.1, 0.15) is 39.7 Å². The average molecular weight is 415 g/mol. The minimum atomic E-state index is -0.608. The van der Waals surface area contributed by atoms with Crippen LogP contribution >= 0.6 is 12.4 Å². The molecule has 0 spiro atoms. The first-order chi connectivity index (χ1) is 12.6. The van der Waals surface area contributed by atoms with Crippen LogP contribution in [-0.4, -0.2) is 42.0 Å². The zero-order valence-electron chi connectivity index (χ0n) is 17.0. The Morgan fingerprint density at radius 1 is 1.29 bits per heavy atom. The summed E-state index contributed by atoms with van der Waals surface area (Å²) in [4.78, 5) is 27.1. The van der Waals surface area contributed by atoms with Gasteiger partial charge in [-0.25, -0.2) is 9.18 Å². The number of rotatable bonds is 5. The van der Waals surface area contributed by atoms with Gasteiger partial charge < -0.3 is 21.3 Å². The number of hydrogen-bond acceptors (Lipinski definition) is 3. The van der Waals surface area contributed by atoms with Crippen LogP contribution in [0.3, 0.4) is 0 Å². The summed E-state index contributed by atoms with van der Waals surface area (Å²) in [7, 11) is 0. The number of halogens is 2. The third-order valence-corrected chi connectivity index (χ3v) is 5.21. The van der Waals surface area contributed by atoms with Gasteiger partial charge in [0.1, 0.15) is 11.9 Å². The van der Waals surface area contributed by atoms with E-state index >= 15 is 0 Å². The molecule has 1 heterocycles. The van der Waals surface area contributed by atoms with E-state index in [2.05, 4.69) is 24.5 Å². The molecule has 4 N–H and O–H groups in total. The first-order valence-electron chi connectivity index (χ1n) is 9.43. The molecule has 158 valence electrons. The average Bonchev–Trinajstić information content (AvgIpc) is 2.60. The smallest absolute Gasteiger partial charge is 0.315 e. The van der Waals surface area contributed by atoms with Crippen molar-refractivity contribution in [3.8, 4) is 0 Å². The Kier molecular flexibility index (Phi) is 8.70. The maximum atomic E-state index is 13.0.